The van der Waals surface area contributed by atoms with Crippen LogP contribution in [0.2, 0.25) is 0 Å². The fourth-order valence-corrected chi connectivity index (χ4v) is 1.97. The van der Waals surface area contributed by atoms with Crippen molar-refractivity contribution >= 4 is 11.9 Å². The number of likely N-dealkylation sites (tertiary alicyclic amines) is 1. The van der Waals surface area contributed by atoms with E-state index in [1.54, 1.807) is 23.2 Å². The molecule has 1 fully saturated rings. The quantitative estimate of drug-likeness (QED) is 0.896. The number of anilines is 1. The molecular formula is C14H21N3O3. The van der Waals surface area contributed by atoms with Crippen LogP contribution in [0.4, 0.5) is 10.6 Å². The molecule has 0 spiro atoms. The Hall–Kier alpha value is -1.98. The summed E-state index contributed by atoms with van der Waals surface area (Å²) in [5.41, 5.74) is 5.04. The van der Waals surface area contributed by atoms with Crippen molar-refractivity contribution in [2.45, 2.75) is 38.9 Å². The molecule has 0 radical (unpaired) electrons. The van der Waals surface area contributed by atoms with Gasteiger partial charge in [0, 0.05) is 13.0 Å². The summed E-state index contributed by atoms with van der Waals surface area (Å²) in [6.45, 7) is 6.74. The van der Waals surface area contributed by atoms with Crippen LogP contribution in [-0.2, 0) is 4.74 Å². The summed E-state index contributed by atoms with van der Waals surface area (Å²) >= 11 is 0. The molecule has 0 saturated carbocycles. The molecule has 2 rings (SSSR count). The number of aromatic nitrogens is 1. The third-order valence-electron chi connectivity index (χ3n) is 2.86. The fraction of sp³-hybridized carbons (Fsp3) is 0.571. The Kier molecular flexibility index (Phi) is 4.01. The van der Waals surface area contributed by atoms with Crippen LogP contribution in [0.15, 0.2) is 18.3 Å². The van der Waals surface area contributed by atoms with E-state index in [0.717, 1.165) is 6.42 Å². The number of amides is 1. The maximum Gasteiger partial charge on any atom is 0.410 e. The number of rotatable bonds is 2. The molecule has 2 heterocycles. The average molecular weight is 279 g/mol. The van der Waals surface area contributed by atoms with Crippen LogP contribution in [-0.4, -0.2) is 40.8 Å². The first-order valence-electron chi connectivity index (χ1n) is 6.69. The van der Waals surface area contributed by atoms with Crippen LogP contribution in [0.5, 0.6) is 5.75 Å². The molecule has 1 aliphatic heterocycles. The molecule has 1 unspecified atom stereocenters. The van der Waals surface area contributed by atoms with Gasteiger partial charge < -0.3 is 20.1 Å². The third-order valence-corrected chi connectivity index (χ3v) is 2.86. The number of pyridine rings is 1. The molecule has 1 aromatic rings. The summed E-state index contributed by atoms with van der Waals surface area (Å²) in [7, 11) is 0. The summed E-state index contributed by atoms with van der Waals surface area (Å²) in [6.07, 6.45) is 2.04. The second kappa shape index (κ2) is 5.56. The van der Waals surface area contributed by atoms with Gasteiger partial charge in [-0.25, -0.2) is 9.78 Å². The van der Waals surface area contributed by atoms with E-state index >= 15 is 0 Å². The zero-order valence-electron chi connectivity index (χ0n) is 12.1. The number of nitrogens with two attached hydrogens (primary N) is 1. The Morgan fingerprint density at radius 2 is 2.20 bits per heavy atom. The molecule has 110 valence electrons. The fourth-order valence-electron chi connectivity index (χ4n) is 1.97. The van der Waals surface area contributed by atoms with E-state index in [2.05, 4.69) is 4.98 Å². The normalized spacial score (nSPS) is 18.9. The van der Waals surface area contributed by atoms with Crippen LogP contribution in [0, 0.1) is 0 Å². The highest BCUT2D eigenvalue weighted by atomic mass is 16.6. The minimum absolute atomic E-state index is 0.0343. The smallest absolute Gasteiger partial charge is 0.410 e. The molecule has 20 heavy (non-hydrogen) atoms. The lowest BCUT2D eigenvalue weighted by Crippen LogP contribution is -2.36. The minimum Gasteiger partial charge on any atom is -0.487 e. The first-order chi connectivity index (χ1) is 9.33. The van der Waals surface area contributed by atoms with E-state index in [0.29, 0.717) is 24.7 Å². The Balaban J connectivity index is 1.86. The van der Waals surface area contributed by atoms with Crippen molar-refractivity contribution < 1.29 is 14.3 Å². The second-order valence-corrected chi connectivity index (χ2v) is 5.87. The van der Waals surface area contributed by atoms with Gasteiger partial charge in [-0.1, -0.05) is 0 Å². The highest BCUT2D eigenvalue weighted by Crippen LogP contribution is 2.20. The van der Waals surface area contributed by atoms with Crippen LogP contribution in [0.1, 0.15) is 27.2 Å². The number of carbonyl (C=O) groups is 1. The van der Waals surface area contributed by atoms with Crippen LogP contribution < -0.4 is 10.5 Å². The standard InChI is InChI=1S/C14H21N3O3/c1-14(2,3)20-13(18)17-7-6-11(9-17)19-10-4-5-12(15)16-8-10/h4-5,8,11H,6-7,9H2,1-3H3,(H2,15,16). The molecule has 1 atom stereocenters. The van der Waals surface area contributed by atoms with Crippen molar-refractivity contribution in [3.8, 4) is 5.75 Å². The Labute approximate surface area is 118 Å². The van der Waals surface area contributed by atoms with Gasteiger partial charge in [0.25, 0.3) is 0 Å². The number of carbonyl (C=O) groups excluding carboxylic acids is 1. The monoisotopic (exact) mass is 279 g/mol. The van der Waals surface area contributed by atoms with Crippen molar-refractivity contribution in [3.05, 3.63) is 18.3 Å². The Morgan fingerprint density at radius 1 is 1.45 bits per heavy atom. The van der Waals surface area contributed by atoms with Crippen LogP contribution in [0.3, 0.4) is 0 Å². The van der Waals surface area contributed by atoms with Gasteiger partial charge >= 0.3 is 6.09 Å². The van der Waals surface area contributed by atoms with Gasteiger partial charge in [-0.05, 0) is 32.9 Å². The highest BCUT2D eigenvalue weighted by Gasteiger charge is 2.30. The lowest BCUT2D eigenvalue weighted by Gasteiger charge is -2.24. The van der Waals surface area contributed by atoms with Crippen molar-refractivity contribution in [2.75, 3.05) is 18.8 Å². The number of hydrogen-bond acceptors (Lipinski definition) is 5. The number of nitrogens with zero attached hydrogens (tertiary/aromatic N) is 2. The summed E-state index contributed by atoms with van der Waals surface area (Å²) in [6, 6.07) is 3.47. The largest absolute Gasteiger partial charge is 0.487 e. The van der Waals surface area contributed by atoms with Gasteiger partial charge in [-0.2, -0.15) is 0 Å². The first-order valence-corrected chi connectivity index (χ1v) is 6.69. The SMILES string of the molecule is CC(C)(C)OC(=O)N1CCC(Oc2ccc(N)nc2)C1. The third kappa shape index (κ3) is 4.01. The van der Waals surface area contributed by atoms with Gasteiger partial charge in [-0.15, -0.1) is 0 Å². The molecule has 0 aromatic carbocycles. The zero-order valence-corrected chi connectivity index (χ0v) is 12.1. The summed E-state index contributed by atoms with van der Waals surface area (Å²) in [5.74, 6) is 1.12. The predicted molar refractivity (Wildman–Crippen MR) is 75.5 cm³/mol. The van der Waals surface area contributed by atoms with E-state index in [1.807, 2.05) is 20.8 Å². The van der Waals surface area contributed by atoms with Gasteiger partial charge in [-0.3, -0.25) is 0 Å². The zero-order chi connectivity index (χ0) is 14.8. The van der Waals surface area contributed by atoms with E-state index in [4.69, 9.17) is 15.2 Å². The van der Waals surface area contributed by atoms with Crippen molar-refractivity contribution in [1.82, 2.24) is 9.88 Å². The van der Waals surface area contributed by atoms with Gasteiger partial charge in [0.15, 0.2) is 0 Å². The van der Waals surface area contributed by atoms with Crippen LogP contribution >= 0.6 is 0 Å². The minimum atomic E-state index is -0.475. The maximum absolute atomic E-state index is 11.9. The Morgan fingerprint density at radius 3 is 2.80 bits per heavy atom. The molecule has 1 aliphatic rings. The molecule has 1 aromatic heterocycles. The van der Waals surface area contributed by atoms with Gasteiger partial charge in [0.2, 0.25) is 0 Å². The lowest BCUT2D eigenvalue weighted by atomic mass is 10.2. The molecule has 1 saturated heterocycles. The topological polar surface area (TPSA) is 77.7 Å². The summed E-state index contributed by atoms with van der Waals surface area (Å²) < 4.78 is 11.1. The Bertz CT molecular complexity index is 468. The first kappa shape index (κ1) is 14.4. The molecule has 6 heteroatoms. The number of ether oxygens (including phenoxy) is 2. The van der Waals surface area contributed by atoms with Gasteiger partial charge in [0.05, 0.1) is 12.7 Å². The lowest BCUT2D eigenvalue weighted by molar-refractivity contribution is 0.0275. The van der Waals surface area contributed by atoms with E-state index in [1.165, 1.54) is 0 Å². The van der Waals surface area contributed by atoms with E-state index in [-0.39, 0.29) is 12.2 Å². The molecule has 1 amide bonds. The molecule has 0 aliphatic carbocycles. The number of nitrogen functional groups attached to an aromatic ring is 1. The van der Waals surface area contributed by atoms with E-state index in [9.17, 15) is 4.79 Å². The van der Waals surface area contributed by atoms with Crippen molar-refractivity contribution in [3.63, 3.8) is 0 Å². The second-order valence-electron chi connectivity index (χ2n) is 5.87. The average Bonchev–Trinajstić information content (AvgIpc) is 2.79. The predicted octanol–water partition coefficient (Wildman–Crippen LogP) is 2.05. The molecule has 6 nitrogen and oxygen atoms in total. The molecular weight excluding hydrogens is 258 g/mol. The summed E-state index contributed by atoms with van der Waals surface area (Å²) in [4.78, 5) is 17.6. The van der Waals surface area contributed by atoms with E-state index < -0.39 is 5.60 Å². The van der Waals surface area contributed by atoms with Crippen LogP contribution in [0.25, 0.3) is 0 Å². The highest BCUT2D eigenvalue weighted by molar-refractivity contribution is 5.68. The maximum atomic E-state index is 11.9. The summed E-state index contributed by atoms with van der Waals surface area (Å²) in [5, 5.41) is 0. The molecule has 2 N–H and O–H groups in total. The number of hydrogen-bond donors (Lipinski definition) is 1. The van der Waals surface area contributed by atoms with Crippen molar-refractivity contribution in [2.24, 2.45) is 0 Å². The van der Waals surface area contributed by atoms with Crippen molar-refractivity contribution in [1.29, 1.82) is 0 Å². The van der Waals surface area contributed by atoms with Gasteiger partial charge in [0.1, 0.15) is 23.3 Å². The molecule has 0 bridgehead atoms.